The highest BCUT2D eigenvalue weighted by atomic mass is 35.5. The minimum absolute atomic E-state index is 0.697. The van der Waals surface area contributed by atoms with Gasteiger partial charge in [0.15, 0.2) is 0 Å². The average molecular weight is 251 g/mol. The van der Waals surface area contributed by atoms with E-state index in [9.17, 15) is 0 Å². The molecular formula is C9H12Cl2N2S. The van der Waals surface area contributed by atoms with Crippen molar-refractivity contribution >= 4 is 40.8 Å². The molecule has 1 aromatic heterocycles. The summed E-state index contributed by atoms with van der Waals surface area (Å²) in [5.74, 6) is 5.06. The van der Waals surface area contributed by atoms with Crippen LogP contribution < -0.4 is 5.84 Å². The summed E-state index contributed by atoms with van der Waals surface area (Å²) < 4.78 is 0.748. The molecule has 0 unspecified atom stereocenters. The second kappa shape index (κ2) is 5.59. The number of halogens is 2. The van der Waals surface area contributed by atoms with Gasteiger partial charge in [-0.2, -0.15) is 5.10 Å². The first kappa shape index (κ1) is 11.8. The number of thiophene rings is 1. The summed E-state index contributed by atoms with van der Waals surface area (Å²) in [5, 5.41) is 4.14. The molecule has 0 aromatic carbocycles. The Hall–Kier alpha value is -0.250. The van der Waals surface area contributed by atoms with Gasteiger partial charge < -0.3 is 5.84 Å². The predicted octanol–water partition coefficient (Wildman–Crippen LogP) is 3.69. The molecule has 78 valence electrons. The number of nitrogens with two attached hydrogens (primary N) is 1. The normalized spacial score (nSPS) is 11.4. The molecule has 14 heavy (non-hydrogen) atoms. The van der Waals surface area contributed by atoms with Gasteiger partial charge in [-0.25, -0.2) is 0 Å². The minimum atomic E-state index is 0.697. The van der Waals surface area contributed by atoms with Crippen LogP contribution in [0.15, 0.2) is 5.10 Å². The van der Waals surface area contributed by atoms with Gasteiger partial charge >= 0.3 is 0 Å². The Labute approximate surface area is 97.7 Å². The van der Waals surface area contributed by atoms with Crippen molar-refractivity contribution in [2.24, 2.45) is 10.9 Å². The van der Waals surface area contributed by atoms with Crippen LogP contribution in [-0.4, -0.2) is 6.21 Å². The van der Waals surface area contributed by atoms with Crippen molar-refractivity contribution in [3.05, 3.63) is 19.8 Å². The highest BCUT2D eigenvalue weighted by Gasteiger charge is 2.13. The fourth-order valence-electron chi connectivity index (χ4n) is 1.15. The van der Waals surface area contributed by atoms with Crippen LogP contribution in [0.5, 0.6) is 0 Å². The molecule has 2 nitrogen and oxygen atoms in total. The molecule has 0 spiro atoms. The van der Waals surface area contributed by atoms with Crippen molar-refractivity contribution in [3.63, 3.8) is 0 Å². The van der Waals surface area contributed by atoms with Crippen LogP contribution in [0.3, 0.4) is 0 Å². The van der Waals surface area contributed by atoms with Gasteiger partial charge in [0.2, 0.25) is 0 Å². The summed E-state index contributed by atoms with van der Waals surface area (Å²) in [6.07, 6.45) is 4.68. The van der Waals surface area contributed by atoms with Crippen LogP contribution in [0.25, 0.3) is 0 Å². The Kier molecular flexibility index (Phi) is 4.72. The summed E-state index contributed by atoms with van der Waals surface area (Å²) in [6.45, 7) is 2.14. The van der Waals surface area contributed by atoms with Crippen molar-refractivity contribution in [1.29, 1.82) is 0 Å². The quantitative estimate of drug-likeness (QED) is 0.494. The van der Waals surface area contributed by atoms with Crippen LogP contribution in [0.1, 0.15) is 30.2 Å². The van der Waals surface area contributed by atoms with E-state index in [1.807, 2.05) is 0 Å². The maximum absolute atomic E-state index is 6.12. The third kappa shape index (κ3) is 2.62. The van der Waals surface area contributed by atoms with E-state index in [4.69, 9.17) is 29.0 Å². The van der Waals surface area contributed by atoms with Gasteiger partial charge in [-0.1, -0.05) is 36.5 Å². The fourth-order valence-corrected chi connectivity index (χ4v) is 2.89. The van der Waals surface area contributed by atoms with Crippen molar-refractivity contribution in [3.8, 4) is 0 Å². The maximum Gasteiger partial charge on any atom is 0.0982 e. The molecule has 0 saturated heterocycles. The molecule has 0 aliphatic heterocycles. The topological polar surface area (TPSA) is 38.4 Å². The fraction of sp³-hybridized carbons (Fsp3) is 0.444. The number of hydrogen-bond acceptors (Lipinski definition) is 3. The molecule has 5 heteroatoms. The number of hydrazone groups is 1. The lowest BCUT2D eigenvalue weighted by Crippen LogP contribution is -1.86. The zero-order valence-electron chi connectivity index (χ0n) is 7.89. The molecular weight excluding hydrogens is 239 g/mol. The SMILES string of the molecule is CCCCc1c(Cl)sc(/C=N/N)c1Cl. The highest BCUT2D eigenvalue weighted by Crippen LogP contribution is 2.36. The molecule has 0 aliphatic carbocycles. The van der Waals surface area contributed by atoms with Gasteiger partial charge in [0.1, 0.15) is 0 Å². The van der Waals surface area contributed by atoms with Gasteiger partial charge in [0.05, 0.1) is 20.5 Å². The number of unbranched alkanes of at least 4 members (excludes halogenated alkanes) is 1. The maximum atomic E-state index is 6.12. The van der Waals surface area contributed by atoms with Crippen LogP contribution in [0, 0.1) is 0 Å². The Morgan fingerprint density at radius 2 is 2.21 bits per heavy atom. The van der Waals surface area contributed by atoms with Crippen LogP contribution in [0.4, 0.5) is 0 Å². The minimum Gasteiger partial charge on any atom is -0.323 e. The number of hydrogen-bond donors (Lipinski definition) is 1. The summed E-state index contributed by atoms with van der Waals surface area (Å²) in [6, 6.07) is 0. The van der Waals surface area contributed by atoms with Crippen molar-refractivity contribution in [2.75, 3.05) is 0 Å². The standard InChI is InChI=1S/C9H12Cl2N2S/c1-2-3-4-6-8(10)7(5-13-12)14-9(6)11/h5H,2-4,12H2,1H3/b13-5+. The zero-order valence-corrected chi connectivity index (χ0v) is 10.2. The first-order chi connectivity index (χ1) is 6.70. The second-order valence-corrected chi connectivity index (χ2v) is 4.95. The summed E-state index contributed by atoms with van der Waals surface area (Å²) in [5.41, 5.74) is 1.02. The van der Waals surface area contributed by atoms with Crippen molar-refractivity contribution in [2.45, 2.75) is 26.2 Å². The molecule has 0 saturated carbocycles. The van der Waals surface area contributed by atoms with Crippen molar-refractivity contribution in [1.82, 2.24) is 0 Å². The lowest BCUT2D eigenvalue weighted by Gasteiger charge is -1.97. The van der Waals surface area contributed by atoms with Crippen LogP contribution >= 0.6 is 34.5 Å². The number of rotatable bonds is 4. The highest BCUT2D eigenvalue weighted by molar-refractivity contribution is 7.18. The average Bonchev–Trinajstić information content (AvgIpc) is 2.41. The van der Waals surface area contributed by atoms with Gasteiger partial charge in [-0.15, -0.1) is 11.3 Å². The third-order valence-corrected chi connectivity index (χ3v) is 3.85. The Morgan fingerprint density at radius 1 is 1.50 bits per heavy atom. The molecule has 0 fully saturated rings. The lowest BCUT2D eigenvalue weighted by atomic mass is 10.1. The molecule has 2 N–H and O–H groups in total. The van der Waals surface area contributed by atoms with Crippen LogP contribution in [0.2, 0.25) is 9.36 Å². The Morgan fingerprint density at radius 3 is 2.79 bits per heavy atom. The lowest BCUT2D eigenvalue weighted by molar-refractivity contribution is 0.797. The molecule has 0 atom stereocenters. The van der Waals surface area contributed by atoms with Gasteiger partial charge in [-0.05, 0) is 12.8 Å². The van der Waals surface area contributed by atoms with Gasteiger partial charge in [-0.3, -0.25) is 0 Å². The first-order valence-corrected chi connectivity index (χ1v) is 5.97. The number of nitrogens with zero attached hydrogens (tertiary/aromatic N) is 1. The van der Waals surface area contributed by atoms with Crippen LogP contribution in [-0.2, 0) is 6.42 Å². The van der Waals surface area contributed by atoms with Crippen molar-refractivity contribution < 1.29 is 0 Å². The Balaban J connectivity index is 2.92. The van der Waals surface area contributed by atoms with E-state index >= 15 is 0 Å². The smallest absolute Gasteiger partial charge is 0.0982 e. The molecule has 1 rings (SSSR count). The summed E-state index contributed by atoms with van der Waals surface area (Å²) in [7, 11) is 0. The molecule has 1 aromatic rings. The third-order valence-electron chi connectivity index (χ3n) is 1.89. The molecule has 0 radical (unpaired) electrons. The molecule has 0 aliphatic rings. The van der Waals surface area contributed by atoms with E-state index < -0.39 is 0 Å². The van der Waals surface area contributed by atoms with E-state index in [1.54, 1.807) is 0 Å². The largest absolute Gasteiger partial charge is 0.323 e. The second-order valence-electron chi connectivity index (χ2n) is 2.91. The van der Waals surface area contributed by atoms with E-state index in [-0.39, 0.29) is 0 Å². The van der Waals surface area contributed by atoms with E-state index in [2.05, 4.69) is 12.0 Å². The molecule has 0 amide bonds. The summed E-state index contributed by atoms with van der Waals surface area (Å²) >= 11 is 13.6. The molecule has 0 bridgehead atoms. The van der Waals surface area contributed by atoms with E-state index in [1.165, 1.54) is 17.6 Å². The van der Waals surface area contributed by atoms with Gasteiger partial charge in [0, 0.05) is 5.56 Å². The van der Waals surface area contributed by atoms with E-state index in [0.29, 0.717) is 5.02 Å². The Bertz CT molecular complexity index is 334. The summed E-state index contributed by atoms with van der Waals surface area (Å²) in [4.78, 5) is 0.838. The first-order valence-electron chi connectivity index (χ1n) is 4.40. The van der Waals surface area contributed by atoms with E-state index in [0.717, 1.165) is 34.0 Å². The molecule has 1 heterocycles. The monoisotopic (exact) mass is 250 g/mol. The zero-order chi connectivity index (χ0) is 10.6. The van der Waals surface area contributed by atoms with Gasteiger partial charge in [0.25, 0.3) is 0 Å². The predicted molar refractivity (Wildman–Crippen MR) is 64.7 cm³/mol.